The summed E-state index contributed by atoms with van der Waals surface area (Å²) in [6.45, 7) is 5.29. The van der Waals surface area contributed by atoms with E-state index in [0.717, 1.165) is 19.6 Å². The van der Waals surface area contributed by atoms with Gasteiger partial charge in [0.05, 0.1) is 39.5 Å². The number of ether oxygens (including phenoxy) is 3. The van der Waals surface area contributed by atoms with Crippen LogP contribution in [0.2, 0.25) is 0 Å². The Kier molecular flexibility index (Phi) is 7.47. The van der Waals surface area contributed by atoms with E-state index in [1.807, 2.05) is 0 Å². The fourth-order valence-electron chi connectivity index (χ4n) is 1.04. The third-order valence-electron chi connectivity index (χ3n) is 1.72. The average molecular weight is 202 g/mol. The van der Waals surface area contributed by atoms with E-state index in [0.29, 0.717) is 39.5 Å². The lowest BCUT2D eigenvalue weighted by atomic mass is 10.5. The quantitative estimate of drug-likeness (QED) is 0.586. The van der Waals surface area contributed by atoms with E-state index in [9.17, 15) is 0 Å². The van der Waals surface area contributed by atoms with Crippen LogP contribution in [0.1, 0.15) is 6.42 Å². The third kappa shape index (κ3) is 6.94. The highest BCUT2D eigenvalue weighted by atomic mass is 16.5. The Labute approximate surface area is 84.4 Å². The average Bonchev–Trinajstić information content (AvgIpc) is 2.22. The maximum Gasteiger partial charge on any atom is 0.0832 e. The molecule has 0 unspecified atom stereocenters. The van der Waals surface area contributed by atoms with Crippen molar-refractivity contribution in [2.75, 3.05) is 52.7 Å². The first-order chi connectivity index (χ1) is 7.00. The van der Waals surface area contributed by atoms with Crippen molar-refractivity contribution in [3.05, 3.63) is 0 Å². The van der Waals surface area contributed by atoms with Gasteiger partial charge in [0.25, 0.3) is 0 Å². The summed E-state index contributed by atoms with van der Waals surface area (Å²) in [6.07, 6.45) is 0.928. The maximum atomic E-state index is 5.32. The van der Waals surface area contributed by atoms with Gasteiger partial charge in [0, 0.05) is 13.2 Å². The van der Waals surface area contributed by atoms with Crippen LogP contribution in [0, 0.1) is 0 Å². The number of rotatable bonds is 0. The van der Waals surface area contributed by atoms with Gasteiger partial charge >= 0.3 is 0 Å². The van der Waals surface area contributed by atoms with Gasteiger partial charge in [0.2, 0.25) is 0 Å². The fraction of sp³-hybridized carbons (Fsp3) is 1.00. The van der Waals surface area contributed by atoms with Crippen molar-refractivity contribution in [1.29, 1.82) is 0 Å². The molecule has 0 atom stereocenters. The van der Waals surface area contributed by atoms with Gasteiger partial charge in [-0.2, -0.15) is 10.2 Å². The van der Waals surface area contributed by atoms with Crippen molar-refractivity contribution in [1.82, 2.24) is 0 Å². The molecule has 0 radical (unpaired) electrons. The van der Waals surface area contributed by atoms with Crippen molar-refractivity contribution in [2.45, 2.75) is 6.42 Å². The predicted molar refractivity (Wildman–Crippen MR) is 51.7 cm³/mol. The number of azo groups is 1. The molecular formula is C9H18N2O3. The third-order valence-corrected chi connectivity index (χ3v) is 1.72. The zero-order chi connectivity index (χ0) is 9.90. The molecule has 82 valence electrons. The molecule has 14 heavy (non-hydrogen) atoms. The summed E-state index contributed by atoms with van der Waals surface area (Å²) < 4.78 is 15.9. The predicted octanol–water partition coefficient (Wildman–Crippen LogP) is 0.892. The monoisotopic (exact) mass is 202 g/mol. The lowest BCUT2D eigenvalue weighted by Gasteiger charge is -2.06. The van der Waals surface area contributed by atoms with Gasteiger partial charge in [0.1, 0.15) is 0 Å². The van der Waals surface area contributed by atoms with Gasteiger partial charge < -0.3 is 14.2 Å². The molecule has 0 N–H and O–H groups in total. The second-order valence-corrected chi connectivity index (χ2v) is 2.92. The number of nitrogens with zero attached hydrogens (tertiary/aromatic N) is 2. The molecule has 5 heteroatoms. The van der Waals surface area contributed by atoms with Gasteiger partial charge in [-0.3, -0.25) is 0 Å². The van der Waals surface area contributed by atoms with Gasteiger partial charge in [0.15, 0.2) is 0 Å². The second-order valence-electron chi connectivity index (χ2n) is 2.92. The van der Waals surface area contributed by atoms with Crippen molar-refractivity contribution in [3.8, 4) is 0 Å². The molecule has 0 bridgehead atoms. The van der Waals surface area contributed by atoms with Crippen LogP contribution in [0.5, 0.6) is 0 Å². The van der Waals surface area contributed by atoms with Crippen LogP contribution >= 0.6 is 0 Å². The lowest BCUT2D eigenvalue weighted by Crippen LogP contribution is -2.10. The second kappa shape index (κ2) is 9.05. The van der Waals surface area contributed by atoms with Crippen molar-refractivity contribution >= 4 is 0 Å². The Bertz CT molecular complexity index is 137. The molecule has 1 aliphatic rings. The molecule has 0 aromatic heterocycles. The molecule has 0 aliphatic carbocycles. The van der Waals surface area contributed by atoms with Crippen LogP contribution in [0.4, 0.5) is 0 Å². The van der Waals surface area contributed by atoms with E-state index < -0.39 is 0 Å². The number of hydrogen-bond donors (Lipinski definition) is 0. The smallest absolute Gasteiger partial charge is 0.0832 e. The van der Waals surface area contributed by atoms with E-state index in [1.54, 1.807) is 0 Å². The number of hydrogen-bond acceptors (Lipinski definition) is 5. The van der Waals surface area contributed by atoms with E-state index >= 15 is 0 Å². The summed E-state index contributed by atoms with van der Waals surface area (Å²) in [5, 5.41) is 7.89. The molecule has 0 saturated heterocycles. The Hall–Kier alpha value is -0.520. The van der Waals surface area contributed by atoms with Gasteiger partial charge in [-0.1, -0.05) is 0 Å². The molecule has 0 aromatic carbocycles. The minimum absolute atomic E-state index is 0.619. The first kappa shape index (κ1) is 11.6. The molecule has 0 amide bonds. The summed E-state index contributed by atoms with van der Waals surface area (Å²) in [7, 11) is 0. The van der Waals surface area contributed by atoms with E-state index in [4.69, 9.17) is 14.2 Å². The van der Waals surface area contributed by atoms with E-state index in [2.05, 4.69) is 10.2 Å². The standard InChI is InChI=1S/C9H18N2O3/c1-4-12-6-2-10-11-3-7-14-9-8-13-5-1/h1-9H2. The molecule has 0 spiro atoms. The first-order valence-corrected chi connectivity index (χ1v) is 5.06. The van der Waals surface area contributed by atoms with Gasteiger partial charge in [-0.05, 0) is 6.42 Å². The topological polar surface area (TPSA) is 52.4 Å². The largest absolute Gasteiger partial charge is 0.379 e. The summed E-state index contributed by atoms with van der Waals surface area (Å²) >= 11 is 0. The summed E-state index contributed by atoms with van der Waals surface area (Å²) in [6, 6.07) is 0. The molecular weight excluding hydrogens is 184 g/mol. The highest BCUT2D eigenvalue weighted by Crippen LogP contribution is 1.88. The Balaban J connectivity index is 2.09. The van der Waals surface area contributed by atoms with Crippen LogP contribution < -0.4 is 0 Å². The molecule has 0 fully saturated rings. The Morgan fingerprint density at radius 1 is 0.571 bits per heavy atom. The summed E-state index contributed by atoms with van der Waals surface area (Å²) in [5.41, 5.74) is 0. The fourth-order valence-corrected chi connectivity index (χ4v) is 1.04. The highest BCUT2D eigenvalue weighted by molar-refractivity contribution is 4.43. The van der Waals surface area contributed by atoms with Gasteiger partial charge in [-0.25, -0.2) is 0 Å². The normalized spacial score (nSPS) is 22.9. The Morgan fingerprint density at radius 2 is 1.07 bits per heavy atom. The van der Waals surface area contributed by atoms with E-state index in [1.165, 1.54) is 0 Å². The van der Waals surface area contributed by atoms with Crippen LogP contribution in [-0.4, -0.2) is 52.7 Å². The van der Waals surface area contributed by atoms with Crippen molar-refractivity contribution < 1.29 is 14.2 Å². The summed E-state index contributed by atoms with van der Waals surface area (Å²) in [4.78, 5) is 0. The molecule has 0 aromatic rings. The minimum atomic E-state index is 0.619. The van der Waals surface area contributed by atoms with Gasteiger partial charge in [-0.15, -0.1) is 0 Å². The zero-order valence-electron chi connectivity index (χ0n) is 8.48. The lowest BCUT2D eigenvalue weighted by molar-refractivity contribution is 0.0370. The van der Waals surface area contributed by atoms with Crippen molar-refractivity contribution in [3.63, 3.8) is 0 Å². The van der Waals surface area contributed by atoms with Crippen LogP contribution in [0.25, 0.3) is 0 Å². The molecule has 1 heterocycles. The molecule has 0 saturated carbocycles. The SMILES string of the molecule is C1COCCN=NCCOCCOC1. The summed E-state index contributed by atoms with van der Waals surface area (Å²) in [5.74, 6) is 0. The Morgan fingerprint density at radius 3 is 1.71 bits per heavy atom. The van der Waals surface area contributed by atoms with Crippen LogP contribution in [0.3, 0.4) is 0 Å². The zero-order valence-corrected chi connectivity index (χ0v) is 8.48. The highest BCUT2D eigenvalue weighted by Gasteiger charge is 1.93. The molecule has 1 aliphatic heterocycles. The van der Waals surface area contributed by atoms with Crippen LogP contribution in [0.15, 0.2) is 10.2 Å². The maximum absolute atomic E-state index is 5.32. The molecule has 5 nitrogen and oxygen atoms in total. The molecule has 1 rings (SSSR count). The van der Waals surface area contributed by atoms with Crippen LogP contribution in [-0.2, 0) is 14.2 Å². The minimum Gasteiger partial charge on any atom is -0.379 e. The first-order valence-electron chi connectivity index (χ1n) is 5.06. The van der Waals surface area contributed by atoms with E-state index in [-0.39, 0.29) is 0 Å². The van der Waals surface area contributed by atoms with Crippen molar-refractivity contribution in [2.24, 2.45) is 10.2 Å².